The number of anilines is 1. The molecule has 1 saturated heterocycles. The average molecular weight is 419 g/mol. The minimum atomic E-state index is 0.0827. The van der Waals surface area contributed by atoms with E-state index in [1.807, 2.05) is 25.2 Å². The molecule has 2 aromatic rings. The smallest absolute Gasteiger partial charge is 0.227 e. The average Bonchev–Trinajstić information content (AvgIpc) is 3.00. The van der Waals surface area contributed by atoms with E-state index in [0.717, 1.165) is 74.8 Å². The maximum absolute atomic E-state index is 12.4. The molecular formula is C21H27ClN4O3. The van der Waals surface area contributed by atoms with Gasteiger partial charge in [0.25, 0.3) is 0 Å². The standard InChI is InChI=1S/C21H27ClN4O3/c1-25-20(18(22)14-23-25)17-13-16(24-21(27)15-3-2-4-15)5-6-19(17)29-12-9-26-7-10-28-11-8-26/h5-6,13-15H,2-4,7-12H2,1H3,(H,24,27). The molecule has 0 atom stereocenters. The second-order valence-corrected chi connectivity index (χ2v) is 8.00. The number of carbonyl (C=O) groups is 1. The van der Waals surface area contributed by atoms with E-state index in [9.17, 15) is 4.79 Å². The zero-order valence-electron chi connectivity index (χ0n) is 16.7. The van der Waals surface area contributed by atoms with Gasteiger partial charge >= 0.3 is 0 Å². The van der Waals surface area contributed by atoms with E-state index in [4.69, 9.17) is 21.1 Å². The maximum atomic E-state index is 12.4. The van der Waals surface area contributed by atoms with Gasteiger partial charge in [0.1, 0.15) is 12.4 Å². The minimum Gasteiger partial charge on any atom is -0.492 e. The Kier molecular flexibility index (Phi) is 6.37. The fourth-order valence-electron chi connectivity index (χ4n) is 3.66. The van der Waals surface area contributed by atoms with Gasteiger partial charge in [-0.1, -0.05) is 18.0 Å². The van der Waals surface area contributed by atoms with Crippen LogP contribution < -0.4 is 10.1 Å². The lowest BCUT2D eigenvalue weighted by Gasteiger charge is -2.26. The van der Waals surface area contributed by atoms with Gasteiger partial charge in [0.15, 0.2) is 0 Å². The molecule has 8 heteroatoms. The Labute approximate surface area is 175 Å². The van der Waals surface area contributed by atoms with Crippen LogP contribution in [0.2, 0.25) is 5.02 Å². The number of morpholine rings is 1. The number of halogens is 1. The highest BCUT2D eigenvalue weighted by atomic mass is 35.5. The van der Waals surface area contributed by atoms with Gasteiger partial charge in [0.05, 0.1) is 30.1 Å². The fraction of sp³-hybridized carbons (Fsp3) is 0.524. The van der Waals surface area contributed by atoms with Crippen LogP contribution in [-0.4, -0.2) is 60.0 Å². The lowest BCUT2D eigenvalue weighted by Crippen LogP contribution is -2.38. The Morgan fingerprint density at radius 2 is 2.14 bits per heavy atom. The van der Waals surface area contributed by atoms with Crippen LogP contribution in [0.25, 0.3) is 11.3 Å². The van der Waals surface area contributed by atoms with Crippen LogP contribution >= 0.6 is 11.6 Å². The number of nitrogens with one attached hydrogen (secondary N) is 1. The van der Waals surface area contributed by atoms with E-state index in [1.54, 1.807) is 10.9 Å². The summed E-state index contributed by atoms with van der Waals surface area (Å²) in [6, 6.07) is 5.70. The van der Waals surface area contributed by atoms with Crippen molar-refractivity contribution < 1.29 is 14.3 Å². The Balaban J connectivity index is 1.52. The third-order valence-electron chi connectivity index (χ3n) is 5.64. The van der Waals surface area contributed by atoms with Crippen LogP contribution in [0.3, 0.4) is 0 Å². The molecule has 1 aliphatic heterocycles. The lowest BCUT2D eigenvalue weighted by molar-refractivity contribution is -0.122. The second-order valence-electron chi connectivity index (χ2n) is 7.60. The van der Waals surface area contributed by atoms with Gasteiger partial charge in [-0.2, -0.15) is 5.10 Å². The van der Waals surface area contributed by atoms with Crippen molar-refractivity contribution in [1.29, 1.82) is 0 Å². The first-order chi connectivity index (χ1) is 14.1. The molecule has 0 bridgehead atoms. The van der Waals surface area contributed by atoms with Gasteiger partial charge < -0.3 is 14.8 Å². The zero-order valence-corrected chi connectivity index (χ0v) is 17.5. The molecule has 4 rings (SSSR count). The molecule has 2 fully saturated rings. The van der Waals surface area contributed by atoms with Gasteiger partial charge in [0.2, 0.25) is 5.91 Å². The second kappa shape index (κ2) is 9.15. The van der Waals surface area contributed by atoms with Gasteiger partial charge in [0, 0.05) is 43.9 Å². The number of aryl methyl sites for hydroxylation is 1. The minimum absolute atomic E-state index is 0.0827. The van der Waals surface area contributed by atoms with E-state index in [2.05, 4.69) is 15.3 Å². The van der Waals surface area contributed by atoms with Gasteiger partial charge in [-0.25, -0.2) is 0 Å². The van der Waals surface area contributed by atoms with Gasteiger partial charge in [-0.15, -0.1) is 0 Å². The maximum Gasteiger partial charge on any atom is 0.227 e. The predicted molar refractivity (Wildman–Crippen MR) is 112 cm³/mol. The van der Waals surface area contributed by atoms with E-state index < -0.39 is 0 Å². The van der Waals surface area contributed by atoms with E-state index in [0.29, 0.717) is 11.6 Å². The van der Waals surface area contributed by atoms with Crippen molar-refractivity contribution in [3.63, 3.8) is 0 Å². The van der Waals surface area contributed by atoms with Crippen molar-refractivity contribution in [1.82, 2.24) is 14.7 Å². The molecule has 7 nitrogen and oxygen atoms in total. The molecule has 1 N–H and O–H groups in total. The van der Waals surface area contributed by atoms with Gasteiger partial charge in [-0.3, -0.25) is 14.4 Å². The van der Waals surface area contributed by atoms with E-state index >= 15 is 0 Å². The molecule has 0 spiro atoms. The third kappa shape index (κ3) is 4.74. The highest BCUT2D eigenvalue weighted by molar-refractivity contribution is 6.33. The summed E-state index contributed by atoms with van der Waals surface area (Å²) in [6.45, 7) is 4.79. The fourth-order valence-corrected chi connectivity index (χ4v) is 3.92. The summed E-state index contributed by atoms with van der Waals surface area (Å²) < 4.78 is 13.2. The number of hydrogen-bond donors (Lipinski definition) is 1. The van der Waals surface area contributed by atoms with Crippen molar-refractivity contribution in [2.75, 3.05) is 44.8 Å². The van der Waals surface area contributed by atoms with Crippen molar-refractivity contribution >= 4 is 23.2 Å². The van der Waals surface area contributed by atoms with Crippen LogP contribution in [0.4, 0.5) is 5.69 Å². The Morgan fingerprint density at radius 1 is 1.34 bits per heavy atom. The first-order valence-corrected chi connectivity index (χ1v) is 10.6. The van der Waals surface area contributed by atoms with E-state index in [1.165, 1.54) is 0 Å². The predicted octanol–water partition coefficient (Wildman–Crippen LogP) is 3.19. The molecule has 1 aromatic heterocycles. The van der Waals surface area contributed by atoms with Crippen LogP contribution in [0, 0.1) is 5.92 Å². The molecule has 0 radical (unpaired) electrons. The number of nitrogens with zero attached hydrogens (tertiary/aromatic N) is 3. The first-order valence-electron chi connectivity index (χ1n) is 10.2. The van der Waals surface area contributed by atoms with Crippen molar-refractivity contribution in [2.24, 2.45) is 13.0 Å². The van der Waals surface area contributed by atoms with Crippen molar-refractivity contribution in [3.05, 3.63) is 29.4 Å². The number of carbonyl (C=O) groups excluding carboxylic acids is 1. The highest BCUT2D eigenvalue weighted by Crippen LogP contribution is 2.37. The Bertz CT molecular complexity index is 840. The van der Waals surface area contributed by atoms with Gasteiger partial charge in [-0.05, 0) is 31.0 Å². The summed E-state index contributed by atoms with van der Waals surface area (Å²) in [7, 11) is 1.85. The van der Waals surface area contributed by atoms with Crippen LogP contribution in [-0.2, 0) is 16.6 Å². The summed E-state index contributed by atoms with van der Waals surface area (Å²) in [4.78, 5) is 14.7. The highest BCUT2D eigenvalue weighted by Gasteiger charge is 2.25. The number of benzene rings is 1. The normalized spacial score (nSPS) is 17.7. The monoisotopic (exact) mass is 418 g/mol. The third-order valence-corrected chi connectivity index (χ3v) is 5.92. The summed E-state index contributed by atoms with van der Waals surface area (Å²) in [5.74, 6) is 0.938. The summed E-state index contributed by atoms with van der Waals surface area (Å²) in [6.07, 6.45) is 4.68. The topological polar surface area (TPSA) is 68.6 Å². The molecule has 0 unspecified atom stereocenters. The molecule has 2 aliphatic rings. The Hall–Kier alpha value is -2.09. The molecule has 156 valence electrons. The molecule has 1 amide bonds. The number of rotatable bonds is 7. The summed E-state index contributed by atoms with van der Waals surface area (Å²) >= 11 is 6.40. The van der Waals surface area contributed by atoms with Crippen LogP contribution in [0.1, 0.15) is 19.3 Å². The van der Waals surface area contributed by atoms with Crippen LogP contribution in [0.15, 0.2) is 24.4 Å². The Morgan fingerprint density at radius 3 is 2.79 bits per heavy atom. The molecule has 1 saturated carbocycles. The quantitative estimate of drug-likeness (QED) is 0.747. The number of hydrogen-bond acceptors (Lipinski definition) is 5. The first kappa shape index (κ1) is 20.2. The van der Waals surface area contributed by atoms with E-state index in [-0.39, 0.29) is 11.8 Å². The molecular weight excluding hydrogens is 392 g/mol. The van der Waals surface area contributed by atoms with Crippen molar-refractivity contribution in [3.8, 4) is 17.0 Å². The lowest BCUT2D eigenvalue weighted by atomic mass is 9.85. The molecule has 1 aromatic carbocycles. The number of ether oxygens (including phenoxy) is 2. The van der Waals surface area contributed by atoms with Crippen molar-refractivity contribution in [2.45, 2.75) is 19.3 Å². The molecule has 2 heterocycles. The molecule has 1 aliphatic carbocycles. The zero-order chi connectivity index (χ0) is 20.2. The summed E-state index contributed by atoms with van der Waals surface area (Å²) in [5, 5.41) is 7.83. The molecule has 29 heavy (non-hydrogen) atoms. The SMILES string of the molecule is Cn1ncc(Cl)c1-c1cc(NC(=O)C2CCC2)ccc1OCCN1CCOCC1. The number of amides is 1. The largest absolute Gasteiger partial charge is 0.492 e. The van der Waals surface area contributed by atoms with Crippen LogP contribution in [0.5, 0.6) is 5.75 Å². The number of aromatic nitrogens is 2. The summed E-state index contributed by atoms with van der Waals surface area (Å²) in [5.41, 5.74) is 2.34.